The van der Waals surface area contributed by atoms with Crippen LogP contribution in [0, 0.1) is 5.82 Å². The molecule has 1 aromatic heterocycles. The third-order valence-corrected chi connectivity index (χ3v) is 4.88. The molecule has 0 amide bonds. The number of rotatable bonds is 1. The van der Waals surface area contributed by atoms with E-state index >= 15 is 0 Å². The minimum Gasteiger partial charge on any atom is -0.384 e. The fourth-order valence-corrected chi connectivity index (χ4v) is 3.91. The van der Waals surface area contributed by atoms with Gasteiger partial charge in [0.25, 0.3) is 0 Å². The SMILES string of the molecule is OC1(C2CCc3cccnc32)CCc2c(F)cccc21. The fraction of sp³-hybridized carbons (Fsp3) is 0.353. The molecule has 0 saturated carbocycles. The van der Waals surface area contributed by atoms with Gasteiger partial charge in [-0.1, -0.05) is 18.2 Å². The van der Waals surface area contributed by atoms with Crippen molar-refractivity contribution in [3.8, 4) is 0 Å². The molecule has 2 aliphatic carbocycles. The monoisotopic (exact) mass is 269 g/mol. The number of aliphatic hydroxyl groups is 1. The highest BCUT2D eigenvalue weighted by Crippen LogP contribution is 2.51. The van der Waals surface area contributed by atoms with Crippen molar-refractivity contribution in [1.82, 2.24) is 4.98 Å². The summed E-state index contributed by atoms with van der Waals surface area (Å²) in [5, 5.41) is 11.2. The van der Waals surface area contributed by atoms with Gasteiger partial charge in [-0.3, -0.25) is 4.98 Å². The zero-order valence-corrected chi connectivity index (χ0v) is 11.1. The molecule has 4 rings (SSSR count). The van der Waals surface area contributed by atoms with Crippen LogP contribution in [0.25, 0.3) is 0 Å². The molecule has 0 saturated heterocycles. The van der Waals surface area contributed by atoms with Gasteiger partial charge < -0.3 is 5.11 Å². The first-order chi connectivity index (χ1) is 9.70. The molecule has 0 fully saturated rings. The summed E-state index contributed by atoms with van der Waals surface area (Å²) in [5.41, 5.74) is 2.69. The predicted molar refractivity (Wildman–Crippen MR) is 73.9 cm³/mol. The van der Waals surface area contributed by atoms with E-state index in [4.69, 9.17) is 0 Å². The summed E-state index contributed by atoms with van der Waals surface area (Å²) in [6.07, 6.45) is 4.81. The molecule has 0 bridgehead atoms. The molecule has 3 heteroatoms. The number of aromatic nitrogens is 1. The van der Waals surface area contributed by atoms with Crippen LogP contribution in [-0.2, 0) is 18.4 Å². The molecule has 0 aliphatic heterocycles. The van der Waals surface area contributed by atoms with Gasteiger partial charge in [-0.2, -0.15) is 0 Å². The molecule has 2 atom stereocenters. The smallest absolute Gasteiger partial charge is 0.126 e. The van der Waals surface area contributed by atoms with Crippen LogP contribution in [0.1, 0.15) is 41.1 Å². The molecule has 1 aromatic carbocycles. The Bertz CT molecular complexity index is 684. The van der Waals surface area contributed by atoms with Crippen molar-refractivity contribution in [3.63, 3.8) is 0 Å². The van der Waals surface area contributed by atoms with Crippen molar-refractivity contribution in [3.05, 3.63) is 64.7 Å². The molecule has 2 aromatic rings. The normalized spacial score (nSPS) is 27.4. The summed E-state index contributed by atoms with van der Waals surface area (Å²) >= 11 is 0. The van der Waals surface area contributed by atoms with E-state index in [0.717, 1.165) is 24.1 Å². The molecule has 102 valence electrons. The van der Waals surface area contributed by atoms with Crippen LogP contribution in [0.3, 0.4) is 0 Å². The Morgan fingerprint density at radius 2 is 2.10 bits per heavy atom. The second kappa shape index (κ2) is 4.13. The fourth-order valence-electron chi connectivity index (χ4n) is 3.91. The molecule has 20 heavy (non-hydrogen) atoms. The number of pyridine rings is 1. The van der Waals surface area contributed by atoms with E-state index in [1.807, 2.05) is 12.1 Å². The molecule has 1 N–H and O–H groups in total. The van der Waals surface area contributed by atoms with E-state index in [9.17, 15) is 9.50 Å². The van der Waals surface area contributed by atoms with E-state index in [0.29, 0.717) is 18.4 Å². The third-order valence-electron chi connectivity index (χ3n) is 4.88. The van der Waals surface area contributed by atoms with E-state index in [2.05, 4.69) is 11.1 Å². The van der Waals surface area contributed by atoms with Gasteiger partial charge in [0.15, 0.2) is 0 Å². The Kier molecular flexibility index (Phi) is 2.48. The van der Waals surface area contributed by atoms with Gasteiger partial charge in [-0.25, -0.2) is 4.39 Å². The van der Waals surface area contributed by atoms with Crippen LogP contribution in [0.15, 0.2) is 36.5 Å². The van der Waals surface area contributed by atoms with Crippen molar-refractivity contribution >= 4 is 0 Å². The van der Waals surface area contributed by atoms with E-state index in [1.54, 1.807) is 12.3 Å². The van der Waals surface area contributed by atoms with Gasteiger partial charge in [-0.15, -0.1) is 0 Å². The lowest BCUT2D eigenvalue weighted by Crippen LogP contribution is -2.30. The van der Waals surface area contributed by atoms with Crippen LogP contribution < -0.4 is 0 Å². The molecular formula is C17H16FNO. The standard InChI is InChI=1S/C17H16FNO/c18-15-5-1-4-13-12(15)8-9-17(13,20)14-7-6-11-3-2-10-19-16(11)14/h1-5,10,14,20H,6-9H2. The Morgan fingerprint density at radius 1 is 1.20 bits per heavy atom. The van der Waals surface area contributed by atoms with Gasteiger partial charge >= 0.3 is 0 Å². The van der Waals surface area contributed by atoms with Crippen LogP contribution >= 0.6 is 0 Å². The highest BCUT2D eigenvalue weighted by molar-refractivity contribution is 5.43. The van der Waals surface area contributed by atoms with Crippen LogP contribution in [0.4, 0.5) is 4.39 Å². The van der Waals surface area contributed by atoms with Gasteiger partial charge in [0.1, 0.15) is 5.82 Å². The Hall–Kier alpha value is -1.74. The second-order valence-corrected chi connectivity index (χ2v) is 5.83. The molecule has 2 aliphatic rings. The number of halogens is 1. The predicted octanol–water partition coefficient (Wildman–Crippen LogP) is 3.08. The van der Waals surface area contributed by atoms with Crippen molar-refractivity contribution in [2.24, 2.45) is 0 Å². The summed E-state index contributed by atoms with van der Waals surface area (Å²) in [7, 11) is 0. The molecule has 0 radical (unpaired) electrons. The van der Waals surface area contributed by atoms with Crippen molar-refractivity contribution in [2.75, 3.05) is 0 Å². The number of hydrogen-bond donors (Lipinski definition) is 1. The molecule has 1 heterocycles. The maximum absolute atomic E-state index is 13.9. The number of fused-ring (bicyclic) bond motifs is 2. The van der Waals surface area contributed by atoms with Crippen molar-refractivity contribution in [1.29, 1.82) is 0 Å². The van der Waals surface area contributed by atoms with E-state index < -0.39 is 5.60 Å². The Labute approximate surface area is 117 Å². The average Bonchev–Trinajstić information content (AvgIpc) is 3.03. The average molecular weight is 269 g/mol. The number of hydrogen-bond acceptors (Lipinski definition) is 2. The first-order valence-corrected chi connectivity index (χ1v) is 7.14. The van der Waals surface area contributed by atoms with E-state index in [1.165, 1.54) is 11.6 Å². The molecular weight excluding hydrogens is 253 g/mol. The quantitative estimate of drug-likeness (QED) is 0.863. The molecule has 2 unspecified atom stereocenters. The van der Waals surface area contributed by atoms with Gasteiger partial charge in [0.05, 0.1) is 5.60 Å². The third kappa shape index (κ3) is 1.50. The highest BCUT2D eigenvalue weighted by Gasteiger charge is 2.47. The number of nitrogens with zero attached hydrogens (tertiary/aromatic N) is 1. The minimum atomic E-state index is -0.961. The van der Waals surface area contributed by atoms with Crippen LogP contribution in [0.2, 0.25) is 0 Å². The summed E-state index contributed by atoms with van der Waals surface area (Å²) in [5.74, 6) is -0.209. The summed E-state index contributed by atoms with van der Waals surface area (Å²) in [6, 6.07) is 9.05. The summed E-state index contributed by atoms with van der Waals surface area (Å²) in [6.45, 7) is 0. The molecule has 2 nitrogen and oxygen atoms in total. The summed E-state index contributed by atoms with van der Waals surface area (Å²) in [4.78, 5) is 4.47. The molecule has 0 spiro atoms. The largest absolute Gasteiger partial charge is 0.384 e. The second-order valence-electron chi connectivity index (χ2n) is 5.83. The topological polar surface area (TPSA) is 33.1 Å². The number of aryl methyl sites for hydroxylation is 1. The van der Waals surface area contributed by atoms with Crippen LogP contribution in [0.5, 0.6) is 0 Å². The maximum atomic E-state index is 13.9. The lowest BCUT2D eigenvalue weighted by molar-refractivity contribution is 0.00801. The lowest BCUT2D eigenvalue weighted by atomic mass is 9.80. The zero-order chi connectivity index (χ0) is 13.7. The van der Waals surface area contributed by atoms with Gasteiger partial charge in [0.2, 0.25) is 0 Å². The Morgan fingerprint density at radius 3 is 3.00 bits per heavy atom. The Balaban J connectivity index is 1.84. The maximum Gasteiger partial charge on any atom is 0.126 e. The van der Waals surface area contributed by atoms with Crippen LogP contribution in [-0.4, -0.2) is 10.1 Å². The highest BCUT2D eigenvalue weighted by atomic mass is 19.1. The van der Waals surface area contributed by atoms with Crippen molar-refractivity contribution in [2.45, 2.75) is 37.2 Å². The van der Waals surface area contributed by atoms with Crippen molar-refractivity contribution < 1.29 is 9.50 Å². The minimum absolute atomic E-state index is 0.0123. The number of benzene rings is 1. The first-order valence-electron chi connectivity index (χ1n) is 7.14. The van der Waals surface area contributed by atoms with Gasteiger partial charge in [0, 0.05) is 17.8 Å². The van der Waals surface area contributed by atoms with Gasteiger partial charge in [-0.05, 0) is 54.5 Å². The lowest BCUT2D eigenvalue weighted by Gasteiger charge is -2.31. The first kappa shape index (κ1) is 12.0. The zero-order valence-electron chi connectivity index (χ0n) is 11.1. The summed E-state index contributed by atoms with van der Waals surface area (Å²) < 4.78 is 13.9. The van der Waals surface area contributed by atoms with E-state index in [-0.39, 0.29) is 11.7 Å².